The molecule has 1 aliphatic rings. The number of carbonyl (C=O) groups is 1. The average molecular weight is 359 g/mol. The normalized spacial score (nSPS) is 19.4. The Morgan fingerprint density at radius 3 is 2.93 bits per heavy atom. The molecule has 0 bridgehead atoms. The van der Waals surface area contributed by atoms with Crippen molar-refractivity contribution in [3.05, 3.63) is 59.9 Å². The van der Waals surface area contributed by atoms with Gasteiger partial charge in [0.2, 0.25) is 0 Å². The van der Waals surface area contributed by atoms with Gasteiger partial charge in [-0.25, -0.2) is 9.78 Å². The zero-order valence-corrected chi connectivity index (χ0v) is 14.9. The van der Waals surface area contributed by atoms with Crippen LogP contribution in [0.25, 0.3) is 11.0 Å². The van der Waals surface area contributed by atoms with E-state index in [0.717, 1.165) is 42.5 Å². The molecule has 1 aliphatic carbocycles. The Bertz CT molecular complexity index is 970. The zero-order valence-electron chi connectivity index (χ0n) is 14.9. The number of nitriles is 1. The van der Waals surface area contributed by atoms with Gasteiger partial charge < -0.3 is 15.6 Å². The highest BCUT2D eigenvalue weighted by molar-refractivity contribution is 5.89. The second-order valence-electron chi connectivity index (χ2n) is 6.99. The standard InChI is InChI=1S/C21H21N5O/c22-13-14-5-3-7-16(11-14)23-21(27)24-17-8-4-6-15(12-17)20-25-18-9-1-2-10-19(18)26-20/h1-3,5,7,9-11,15,17H,4,6,8,12H2,(H,25,26)(H2,23,24,27). The molecule has 3 aromatic rings. The number of urea groups is 1. The molecule has 0 radical (unpaired) electrons. The van der Waals surface area contributed by atoms with Crippen LogP contribution >= 0.6 is 0 Å². The minimum atomic E-state index is -0.236. The summed E-state index contributed by atoms with van der Waals surface area (Å²) in [5.41, 5.74) is 3.18. The molecule has 0 spiro atoms. The molecule has 0 saturated heterocycles. The number of hydrogen-bond donors (Lipinski definition) is 3. The van der Waals surface area contributed by atoms with Gasteiger partial charge in [-0.3, -0.25) is 0 Å². The molecular formula is C21H21N5O. The van der Waals surface area contributed by atoms with Gasteiger partial charge in [0.05, 0.1) is 22.7 Å². The number of para-hydroxylation sites is 2. The fourth-order valence-electron chi connectivity index (χ4n) is 3.75. The van der Waals surface area contributed by atoms with Gasteiger partial charge in [0, 0.05) is 17.6 Å². The van der Waals surface area contributed by atoms with Crippen LogP contribution in [0.5, 0.6) is 0 Å². The molecule has 27 heavy (non-hydrogen) atoms. The number of imidazole rings is 1. The van der Waals surface area contributed by atoms with Gasteiger partial charge in [-0.1, -0.05) is 24.6 Å². The van der Waals surface area contributed by atoms with E-state index >= 15 is 0 Å². The maximum Gasteiger partial charge on any atom is 0.319 e. The van der Waals surface area contributed by atoms with Crippen LogP contribution < -0.4 is 10.6 Å². The van der Waals surface area contributed by atoms with E-state index < -0.39 is 0 Å². The van der Waals surface area contributed by atoms with E-state index in [0.29, 0.717) is 17.2 Å². The molecule has 3 N–H and O–H groups in total. The summed E-state index contributed by atoms with van der Waals surface area (Å²) in [6.07, 6.45) is 3.95. The second-order valence-corrected chi connectivity index (χ2v) is 6.99. The van der Waals surface area contributed by atoms with Crippen molar-refractivity contribution in [1.82, 2.24) is 15.3 Å². The van der Waals surface area contributed by atoms with Crippen LogP contribution in [-0.4, -0.2) is 22.0 Å². The zero-order chi connectivity index (χ0) is 18.6. The number of nitrogens with zero attached hydrogens (tertiary/aromatic N) is 2. The van der Waals surface area contributed by atoms with Crippen LogP contribution in [0, 0.1) is 11.3 Å². The summed E-state index contributed by atoms with van der Waals surface area (Å²) in [4.78, 5) is 20.5. The van der Waals surface area contributed by atoms with Crippen LogP contribution in [0.2, 0.25) is 0 Å². The van der Waals surface area contributed by atoms with Crippen LogP contribution in [-0.2, 0) is 0 Å². The molecule has 6 nitrogen and oxygen atoms in total. The van der Waals surface area contributed by atoms with Crippen molar-refractivity contribution >= 4 is 22.8 Å². The predicted molar refractivity (Wildman–Crippen MR) is 104 cm³/mol. The van der Waals surface area contributed by atoms with Gasteiger partial charge in [-0.2, -0.15) is 5.26 Å². The summed E-state index contributed by atoms with van der Waals surface area (Å²) >= 11 is 0. The van der Waals surface area contributed by atoms with Crippen LogP contribution in [0.3, 0.4) is 0 Å². The maximum absolute atomic E-state index is 12.3. The summed E-state index contributed by atoms with van der Waals surface area (Å²) in [7, 11) is 0. The minimum absolute atomic E-state index is 0.108. The Balaban J connectivity index is 1.39. The number of carbonyl (C=O) groups excluding carboxylic acids is 1. The smallest absolute Gasteiger partial charge is 0.319 e. The lowest BCUT2D eigenvalue weighted by Crippen LogP contribution is -2.40. The molecule has 4 rings (SSSR count). The van der Waals surface area contributed by atoms with Gasteiger partial charge >= 0.3 is 6.03 Å². The molecule has 1 fully saturated rings. The van der Waals surface area contributed by atoms with Crippen LogP contribution in [0.15, 0.2) is 48.5 Å². The number of H-pyrrole nitrogens is 1. The predicted octanol–water partition coefficient (Wildman–Crippen LogP) is 4.28. The number of anilines is 1. The van der Waals surface area contributed by atoms with Crippen molar-refractivity contribution in [1.29, 1.82) is 5.26 Å². The Labute approximate surface area is 157 Å². The first kappa shape index (κ1) is 17.1. The lowest BCUT2D eigenvalue weighted by atomic mass is 9.85. The Kier molecular flexibility index (Phi) is 4.75. The van der Waals surface area contributed by atoms with E-state index in [1.807, 2.05) is 24.3 Å². The summed E-state index contributed by atoms with van der Waals surface area (Å²) in [5, 5.41) is 14.8. The molecule has 2 amide bonds. The molecule has 6 heteroatoms. The first-order valence-corrected chi connectivity index (χ1v) is 9.23. The van der Waals surface area contributed by atoms with Crippen LogP contribution in [0.4, 0.5) is 10.5 Å². The lowest BCUT2D eigenvalue weighted by Gasteiger charge is -2.28. The van der Waals surface area contributed by atoms with Crippen molar-refractivity contribution in [2.24, 2.45) is 0 Å². The molecule has 1 aromatic heterocycles. The summed E-state index contributed by atoms with van der Waals surface area (Å²) < 4.78 is 0. The van der Waals surface area contributed by atoms with Crippen molar-refractivity contribution in [3.8, 4) is 6.07 Å². The second kappa shape index (κ2) is 7.50. The van der Waals surface area contributed by atoms with E-state index in [9.17, 15) is 4.79 Å². The van der Waals surface area contributed by atoms with Crippen molar-refractivity contribution in [3.63, 3.8) is 0 Å². The highest BCUT2D eigenvalue weighted by Gasteiger charge is 2.26. The number of aromatic amines is 1. The van der Waals surface area contributed by atoms with Gasteiger partial charge in [0.25, 0.3) is 0 Å². The Morgan fingerprint density at radius 1 is 1.19 bits per heavy atom. The van der Waals surface area contributed by atoms with Gasteiger partial charge in [-0.15, -0.1) is 0 Å². The van der Waals surface area contributed by atoms with Crippen molar-refractivity contribution in [2.75, 3.05) is 5.32 Å². The molecule has 1 saturated carbocycles. The number of fused-ring (bicyclic) bond motifs is 1. The molecular weight excluding hydrogens is 338 g/mol. The number of nitrogens with one attached hydrogen (secondary N) is 3. The molecule has 2 aromatic carbocycles. The maximum atomic E-state index is 12.3. The topological polar surface area (TPSA) is 93.6 Å². The third-order valence-corrected chi connectivity index (χ3v) is 5.05. The number of rotatable bonds is 3. The summed E-state index contributed by atoms with van der Waals surface area (Å²) in [6, 6.07) is 16.9. The van der Waals surface area contributed by atoms with Crippen LogP contribution in [0.1, 0.15) is 43.0 Å². The lowest BCUT2D eigenvalue weighted by molar-refractivity contribution is 0.242. The van der Waals surface area contributed by atoms with Crippen molar-refractivity contribution < 1.29 is 4.79 Å². The Hall–Kier alpha value is -3.33. The van der Waals surface area contributed by atoms with Gasteiger partial charge in [0.1, 0.15) is 5.82 Å². The van der Waals surface area contributed by atoms with Gasteiger partial charge in [-0.05, 0) is 49.6 Å². The molecule has 1 heterocycles. The quantitative estimate of drug-likeness (QED) is 0.651. The van der Waals surface area contributed by atoms with Crippen molar-refractivity contribution in [2.45, 2.75) is 37.6 Å². The van der Waals surface area contributed by atoms with E-state index in [4.69, 9.17) is 10.2 Å². The van der Waals surface area contributed by atoms with E-state index in [-0.39, 0.29) is 12.1 Å². The first-order chi connectivity index (χ1) is 13.2. The molecule has 2 atom stereocenters. The monoisotopic (exact) mass is 359 g/mol. The molecule has 0 aliphatic heterocycles. The molecule has 2 unspecified atom stereocenters. The minimum Gasteiger partial charge on any atom is -0.342 e. The third kappa shape index (κ3) is 3.93. The number of benzene rings is 2. The third-order valence-electron chi connectivity index (χ3n) is 5.05. The molecule has 136 valence electrons. The highest BCUT2D eigenvalue weighted by atomic mass is 16.2. The van der Waals surface area contributed by atoms with E-state index in [1.54, 1.807) is 24.3 Å². The fourth-order valence-corrected chi connectivity index (χ4v) is 3.75. The Morgan fingerprint density at radius 2 is 2.07 bits per heavy atom. The largest absolute Gasteiger partial charge is 0.342 e. The fraction of sp³-hybridized carbons (Fsp3) is 0.286. The summed E-state index contributed by atoms with van der Waals surface area (Å²) in [6.45, 7) is 0. The van der Waals surface area contributed by atoms with E-state index in [1.165, 1.54) is 0 Å². The number of amides is 2. The average Bonchev–Trinajstić information content (AvgIpc) is 3.12. The SMILES string of the molecule is N#Cc1cccc(NC(=O)NC2CCCC(c3nc4ccccc4[nH]3)C2)c1. The first-order valence-electron chi connectivity index (χ1n) is 9.23. The van der Waals surface area contributed by atoms with E-state index in [2.05, 4.69) is 21.7 Å². The highest BCUT2D eigenvalue weighted by Crippen LogP contribution is 2.32. The van der Waals surface area contributed by atoms with Gasteiger partial charge in [0.15, 0.2) is 0 Å². The number of hydrogen-bond acceptors (Lipinski definition) is 3. The summed E-state index contributed by atoms with van der Waals surface area (Å²) in [5.74, 6) is 1.32. The number of aromatic nitrogens is 2.